The Balaban J connectivity index is 1.77. The third kappa shape index (κ3) is 4.26. The molecule has 8 nitrogen and oxygen atoms in total. The lowest BCUT2D eigenvalue weighted by atomic mass is 10.1. The maximum atomic E-state index is 15.1. The highest BCUT2D eigenvalue weighted by atomic mass is 127. The van der Waals surface area contributed by atoms with Gasteiger partial charge in [0.1, 0.15) is 41.2 Å². The lowest BCUT2D eigenvalue weighted by Crippen LogP contribution is -2.19. The third-order valence-corrected chi connectivity index (χ3v) is 6.67. The smallest absolute Gasteiger partial charge is 0.227 e. The fourth-order valence-corrected chi connectivity index (χ4v) is 4.35. The zero-order valence-electron chi connectivity index (χ0n) is 16.9. The Labute approximate surface area is 196 Å². The average molecular weight is 567 g/mol. The Kier molecular flexibility index (Phi) is 6.56. The summed E-state index contributed by atoms with van der Waals surface area (Å²) in [5, 5.41) is 5.20. The summed E-state index contributed by atoms with van der Waals surface area (Å²) >= 11 is 2.22. The number of benzene rings is 1. The Bertz CT molecular complexity index is 1310. The van der Waals surface area contributed by atoms with Crippen LogP contribution in [0.15, 0.2) is 43.1 Å². The summed E-state index contributed by atoms with van der Waals surface area (Å²) < 4.78 is 31.5. The molecule has 0 spiro atoms. The molecule has 3 aromatic heterocycles. The average Bonchev–Trinajstić information content (AvgIpc) is 3.22. The Morgan fingerprint density at radius 3 is 2.72 bits per heavy atom. The van der Waals surface area contributed by atoms with Gasteiger partial charge in [0.2, 0.25) is 5.91 Å². The summed E-state index contributed by atoms with van der Waals surface area (Å²) in [4.78, 5) is 29.3. The van der Waals surface area contributed by atoms with Crippen LogP contribution >= 0.6 is 28.4 Å². The number of anilines is 3. The fraction of sp³-hybridized carbons (Fsp3) is 0.150. The molecule has 0 saturated carbocycles. The van der Waals surface area contributed by atoms with E-state index in [1.54, 1.807) is 32.3 Å². The SMILES string of the molecule is CC(C)C(=O)Nc1ccc(F)c(Nc2ncccc2-c2ncnc3c2ncn3PI)c1F. The summed E-state index contributed by atoms with van der Waals surface area (Å²) in [5.74, 6) is -2.32. The molecule has 1 amide bonds. The highest BCUT2D eigenvalue weighted by Gasteiger charge is 2.20. The normalized spacial score (nSPS) is 11.6. The molecule has 164 valence electrons. The maximum Gasteiger partial charge on any atom is 0.227 e. The van der Waals surface area contributed by atoms with Crippen LogP contribution in [0.4, 0.5) is 26.0 Å². The van der Waals surface area contributed by atoms with Gasteiger partial charge in [-0.1, -0.05) is 13.8 Å². The predicted octanol–water partition coefficient (Wildman–Crippen LogP) is 5.30. The van der Waals surface area contributed by atoms with Crippen LogP contribution in [0.1, 0.15) is 13.8 Å². The van der Waals surface area contributed by atoms with Crippen molar-refractivity contribution in [3.05, 3.63) is 54.8 Å². The molecule has 0 radical (unpaired) electrons. The highest BCUT2D eigenvalue weighted by Crippen LogP contribution is 2.35. The van der Waals surface area contributed by atoms with Gasteiger partial charge in [-0.25, -0.2) is 28.7 Å². The Morgan fingerprint density at radius 2 is 1.97 bits per heavy atom. The second-order valence-corrected chi connectivity index (χ2v) is 9.14. The predicted molar refractivity (Wildman–Crippen MR) is 129 cm³/mol. The number of halogens is 3. The number of nitrogens with one attached hydrogen (secondary N) is 2. The van der Waals surface area contributed by atoms with Crippen LogP contribution in [0.3, 0.4) is 0 Å². The van der Waals surface area contributed by atoms with E-state index < -0.39 is 17.3 Å². The van der Waals surface area contributed by atoms with Crippen LogP contribution in [0, 0.1) is 17.6 Å². The van der Waals surface area contributed by atoms with Crippen molar-refractivity contribution in [1.29, 1.82) is 0 Å². The number of carbonyl (C=O) groups excluding carboxylic acids is 1. The Hall–Kier alpha value is -2.79. The number of amides is 1. The van der Waals surface area contributed by atoms with Crippen molar-refractivity contribution in [3.8, 4) is 11.3 Å². The van der Waals surface area contributed by atoms with Crippen LogP contribution in [-0.2, 0) is 4.79 Å². The number of hydrogen-bond acceptors (Lipinski definition) is 6. The van der Waals surface area contributed by atoms with E-state index in [9.17, 15) is 9.18 Å². The zero-order chi connectivity index (χ0) is 22.8. The first-order chi connectivity index (χ1) is 15.4. The van der Waals surface area contributed by atoms with E-state index in [2.05, 4.69) is 52.6 Å². The van der Waals surface area contributed by atoms with Gasteiger partial charge in [-0.15, -0.1) is 0 Å². The van der Waals surface area contributed by atoms with E-state index in [1.807, 2.05) is 4.34 Å². The first kappa shape index (κ1) is 22.4. The molecule has 12 heteroatoms. The number of rotatable bonds is 6. The molecule has 32 heavy (non-hydrogen) atoms. The molecule has 1 atom stereocenters. The zero-order valence-corrected chi connectivity index (χ0v) is 20.1. The minimum absolute atomic E-state index is 0.128. The van der Waals surface area contributed by atoms with Gasteiger partial charge in [-0.05, 0) is 46.3 Å². The lowest BCUT2D eigenvalue weighted by Gasteiger charge is -2.15. The molecule has 4 rings (SSSR count). The van der Waals surface area contributed by atoms with E-state index in [4.69, 9.17) is 0 Å². The maximum absolute atomic E-state index is 15.1. The van der Waals surface area contributed by atoms with Crippen LogP contribution in [0.25, 0.3) is 22.4 Å². The molecular weight excluding hydrogens is 550 g/mol. The summed E-state index contributed by atoms with van der Waals surface area (Å²) in [6.45, 7) is 3.36. The molecule has 1 unspecified atom stereocenters. The van der Waals surface area contributed by atoms with E-state index in [-0.39, 0.29) is 23.3 Å². The number of carbonyl (C=O) groups is 1. The lowest BCUT2D eigenvalue weighted by molar-refractivity contribution is -0.118. The number of aromatic nitrogens is 5. The minimum Gasteiger partial charge on any atom is -0.335 e. The second-order valence-electron chi connectivity index (χ2n) is 7.05. The fourth-order valence-electron chi connectivity index (χ4n) is 2.95. The van der Waals surface area contributed by atoms with Gasteiger partial charge in [0.15, 0.2) is 11.5 Å². The van der Waals surface area contributed by atoms with Crippen molar-refractivity contribution in [3.63, 3.8) is 0 Å². The molecular formula is C20H17F2IN7OP. The summed E-state index contributed by atoms with van der Waals surface area (Å²) in [7, 11) is 0. The van der Waals surface area contributed by atoms with Crippen molar-refractivity contribution < 1.29 is 13.6 Å². The van der Waals surface area contributed by atoms with E-state index >= 15 is 4.39 Å². The number of nitrogens with zero attached hydrogens (tertiary/aromatic N) is 5. The number of pyridine rings is 1. The second kappa shape index (κ2) is 9.37. The molecule has 0 fully saturated rings. The van der Waals surface area contributed by atoms with Gasteiger partial charge in [-0.3, -0.25) is 9.13 Å². The van der Waals surface area contributed by atoms with Crippen LogP contribution in [0.5, 0.6) is 0 Å². The largest absolute Gasteiger partial charge is 0.335 e. The van der Waals surface area contributed by atoms with E-state index in [0.717, 1.165) is 6.07 Å². The summed E-state index contributed by atoms with van der Waals surface area (Å²) in [6.07, 6.45) is 4.97. The summed E-state index contributed by atoms with van der Waals surface area (Å²) in [5.41, 5.74) is 1.61. The topological polar surface area (TPSA) is 97.6 Å². The van der Waals surface area contributed by atoms with Crippen molar-refractivity contribution in [2.24, 2.45) is 5.92 Å². The molecule has 3 heterocycles. The molecule has 0 aliphatic rings. The molecule has 0 aliphatic carbocycles. The monoisotopic (exact) mass is 567 g/mol. The van der Waals surface area contributed by atoms with Gasteiger partial charge in [0.25, 0.3) is 0 Å². The molecule has 2 N–H and O–H groups in total. The van der Waals surface area contributed by atoms with Crippen molar-refractivity contribution in [2.45, 2.75) is 13.8 Å². The minimum atomic E-state index is -0.932. The van der Waals surface area contributed by atoms with Gasteiger partial charge >= 0.3 is 0 Å². The van der Waals surface area contributed by atoms with Crippen LogP contribution < -0.4 is 10.6 Å². The van der Waals surface area contributed by atoms with Gasteiger partial charge in [0, 0.05) is 17.7 Å². The molecule has 0 aliphatic heterocycles. The van der Waals surface area contributed by atoms with Crippen molar-refractivity contribution in [1.82, 2.24) is 24.3 Å². The first-order valence-electron chi connectivity index (χ1n) is 9.46. The van der Waals surface area contributed by atoms with Crippen LogP contribution in [0.2, 0.25) is 0 Å². The van der Waals surface area contributed by atoms with E-state index in [0.29, 0.717) is 28.8 Å². The van der Waals surface area contributed by atoms with Crippen molar-refractivity contribution >= 4 is 62.7 Å². The van der Waals surface area contributed by atoms with Gasteiger partial charge in [0.05, 0.1) is 12.1 Å². The van der Waals surface area contributed by atoms with E-state index in [1.165, 1.54) is 18.6 Å². The number of fused-ring (bicyclic) bond motifs is 1. The molecule has 0 bridgehead atoms. The third-order valence-electron chi connectivity index (χ3n) is 4.60. The van der Waals surface area contributed by atoms with Crippen molar-refractivity contribution in [2.75, 3.05) is 10.6 Å². The Morgan fingerprint density at radius 1 is 1.16 bits per heavy atom. The molecule has 4 aromatic rings. The van der Waals surface area contributed by atoms with Gasteiger partial charge < -0.3 is 10.6 Å². The highest BCUT2D eigenvalue weighted by molar-refractivity contribution is 14.2. The molecule has 1 aromatic carbocycles. The number of hydrogen-bond donors (Lipinski definition) is 2. The quantitative estimate of drug-likeness (QED) is 0.243. The number of imidazole rings is 1. The molecule has 0 saturated heterocycles. The van der Waals surface area contributed by atoms with Crippen LogP contribution in [-0.4, -0.2) is 30.2 Å². The standard InChI is InChI=1S/C20H17F2IN7OP/c1-10(2)20(31)28-13-6-5-12(21)16(14(13)22)29-18-11(4-3-7-24-18)15-17-19(26-8-25-15)30(32-23)9-27-17/h3-10,32H,1-2H3,(H,24,29)(H,28,31). The first-order valence-corrected chi connectivity index (χ1v) is 13.5. The van der Waals surface area contributed by atoms with Gasteiger partial charge in [-0.2, -0.15) is 0 Å². The summed E-state index contributed by atoms with van der Waals surface area (Å²) in [6, 6.07) is 5.68.